The SMILES string of the molecule is CCCCCCCCCCCCC/C=C/CC/C=C/CCCC(O)C(O)C(CO)NC(=O)C(O)CCCCCCCCCCCCCCCCCC/C=C\C/C=C\CCCCCCCCCCCCCCCCC. The summed E-state index contributed by atoms with van der Waals surface area (Å²) in [5.74, 6) is -0.594. The molecule has 0 fully saturated rings. The Bertz CT molecular complexity index is 1210. The molecule has 0 aromatic rings. The predicted molar refractivity (Wildman–Crippen MR) is 325 cm³/mol. The summed E-state index contributed by atoms with van der Waals surface area (Å²) in [7, 11) is 0. The first-order chi connectivity index (χ1) is 36.5. The fraction of sp³-hybridized carbons (Fsp3) is 0.868. The monoisotopic (exact) mass is 1040 g/mol. The zero-order valence-corrected chi connectivity index (χ0v) is 49.6. The fourth-order valence-electron chi connectivity index (χ4n) is 10.3. The summed E-state index contributed by atoms with van der Waals surface area (Å²) in [5.41, 5.74) is 0. The number of amides is 1. The van der Waals surface area contributed by atoms with Crippen molar-refractivity contribution in [1.82, 2.24) is 5.32 Å². The second kappa shape index (κ2) is 62.1. The summed E-state index contributed by atoms with van der Waals surface area (Å²) >= 11 is 0. The highest BCUT2D eigenvalue weighted by atomic mass is 16.3. The lowest BCUT2D eigenvalue weighted by atomic mass is 10.00. The van der Waals surface area contributed by atoms with Crippen LogP contribution in [0, 0.1) is 0 Å². The summed E-state index contributed by atoms with van der Waals surface area (Å²) in [4.78, 5) is 12.6. The maximum absolute atomic E-state index is 12.6. The first-order valence-corrected chi connectivity index (χ1v) is 33.0. The lowest BCUT2D eigenvalue weighted by Crippen LogP contribution is -2.53. The Kier molecular flexibility index (Phi) is 60.7. The van der Waals surface area contributed by atoms with Gasteiger partial charge in [-0.05, 0) is 83.5 Å². The second-order valence-electron chi connectivity index (χ2n) is 22.8. The Morgan fingerprint density at radius 2 is 0.608 bits per heavy atom. The Balaban J connectivity index is 3.58. The van der Waals surface area contributed by atoms with Crippen molar-refractivity contribution in [1.29, 1.82) is 0 Å². The van der Waals surface area contributed by atoms with Gasteiger partial charge in [0.25, 0.3) is 0 Å². The van der Waals surface area contributed by atoms with E-state index >= 15 is 0 Å². The summed E-state index contributed by atoms with van der Waals surface area (Å²) in [6.07, 6.45) is 80.9. The number of hydrogen-bond acceptors (Lipinski definition) is 5. The molecule has 0 saturated heterocycles. The number of aliphatic hydroxyl groups is 4. The van der Waals surface area contributed by atoms with Gasteiger partial charge in [0, 0.05) is 0 Å². The molecular formula is C68H129NO5. The number of allylic oxidation sites excluding steroid dienone is 8. The molecule has 0 aliphatic heterocycles. The van der Waals surface area contributed by atoms with Gasteiger partial charge in [0.05, 0.1) is 18.8 Å². The van der Waals surface area contributed by atoms with Gasteiger partial charge in [-0.2, -0.15) is 0 Å². The number of nitrogens with one attached hydrogen (secondary N) is 1. The van der Waals surface area contributed by atoms with Crippen molar-refractivity contribution in [2.75, 3.05) is 6.61 Å². The largest absolute Gasteiger partial charge is 0.394 e. The van der Waals surface area contributed by atoms with Gasteiger partial charge in [-0.3, -0.25) is 4.79 Å². The average Bonchev–Trinajstić information content (AvgIpc) is 3.41. The van der Waals surface area contributed by atoms with E-state index in [0.717, 1.165) is 44.9 Å². The van der Waals surface area contributed by atoms with Crippen molar-refractivity contribution < 1.29 is 25.2 Å². The molecule has 5 N–H and O–H groups in total. The van der Waals surface area contributed by atoms with Crippen LogP contribution in [0.3, 0.4) is 0 Å². The molecule has 4 atom stereocenters. The van der Waals surface area contributed by atoms with Crippen LogP contribution < -0.4 is 5.32 Å². The molecule has 436 valence electrons. The average molecular weight is 1040 g/mol. The van der Waals surface area contributed by atoms with Crippen LogP contribution in [0.5, 0.6) is 0 Å². The van der Waals surface area contributed by atoms with Crippen molar-refractivity contribution in [3.05, 3.63) is 48.6 Å². The van der Waals surface area contributed by atoms with E-state index in [9.17, 15) is 25.2 Å². The number of hydrogen-bond donors (Lipinski definition) is 5. The van der Waals surface area contributed by atoms with Gasteiger partial charge in [-0.15, -0.1) is 0 Å². The predicted octanol–water partition coefficient (Wildman–Crippen LogP) is 20.1. The number of carbonyl (C=O) groups excluding carboxylic acids is 1. The minimum atomic E-state index is -1.29. The molecule has 0 aromatic carbocycles. The Morgan fingerprint density at radius 1 is 0.338 bits per heavy atom. The number of aliphatic hydroxyl groups excluding tert-OH is 4. The van der Waals surface area contributed by atoms with Gasteiger partial charge in [0.1, 0.15) is 12.2 Å². The van der Waals surface area contributed by atoms with E-state index in [1.165, 1.54) is 270 Å². The van der Waals surface area contributed by atoms with Crippen LogP contribution in [0.1, 0.15) is 348 Å². The summed E-state index contributed by atoms with van der Waals surface area (Å²) < 4.78 is 0. The van der Waals surface area contributed by atoms with Crippen molar-refractivity contribution in [3.63, 3.8) is 0 Å². The topological polar surface area (TPSA) is 110 Å². The van der Waals surface area contributed by atoms with Gasteiger partial charge in [0.2, 0.25) is 5.91 Å². The molecule has 0 rings (SSSR count). The molecule has 4 unspecified atom stereocenters. The highest BCUT2D eigenvalue weighted by Crippen LogP contribution is 2.18. The molecule has 0 aliphatic carbocycles. The van der Waals surface area contributed by atoms with E-state index in [1.807, 2.05) is 0 Å². The molecule has 0 aliphatic rings. The third-order valence-electron chi connectivity index (χ3n) is 15.5. The molecule has 74 heavy (non-hydrogen) atoms. The van der Waals surface area contributed by atoms with Crippen LogP contribution in [-0.4, -0.2) is 57.3 Å². The van der Waals surface area contributed by atoms with Gasteiger partial charge >= 0.3 is 0 Å². The maximum Gasteiger partial charge on any atom is 0.249 e. The number of carbonyl (C=O) groups is 1. The van der Waals surface area contributed by atoms with Crippen molar-refractivity contribution in [2.45, 2.75) is 372 Å². The molecule has 6 nitrogen and oxygen atoms in total. The molecule has 1 amide bonds. The minimum Gasteiger partial charge on any atom is -0.394 e. The summed E-state index contributed by atoms with van der Waals surface area (Å²) in [5, 5.41) is 44.0. The third-order valence-corrected chi connectivity index (χ3v) is 15.5. The van der Waals surface area contributed by atoms with Gasteiger partial charge in [-0.1, -0.05) is 313 Å². The molecule has 0 bridgehead atoms. The summed E-state index contributed by atoms with van der Waals surface area (Å²) in [6, 6.07) is -1.01. The van der Waals surface area contributed by atoms with Crippen molar-refractivity contribution >= 4 is 5.91 Å². The molecule has 0 heterocycles. The Labute approximate surface area is 461 Å². The van der Waals surface area contributed by atoms with E-state index in [2.05, 4.69) is 67.8 Å². The van der Waals surface area contributed by atoms with Crippen LogP contribution in [0.15, 0.2) is 48.6 Å². The maximum atomic E-state index is 12.6. The molecule has 6 heteroatoms. The van der Waals surface area contributed by atoms with E-state index in [0.29, 0.717) is 19.3 Å². The second-order valence-corrected chi connectivity index (χ2v) is 22.8. The standard InChI is InChI=1S/C68H129NO5/c1-3-5-7-9-11-13-15-17-19-21-23-25-26-27-28-29-30-31-32-33-34-35-36-37-38-39-40-41-42-44-46-48-50-52-54-56-58-60-62-66(72)68(74)69-64(63-70)67(73)65(71)61-59-57-55-53-51-49-47-45-43-24-22-20-18-16-14-12-10-8-6-4-2/h30-31,33-34,45,47,53,55,64-67,70-73H,3-29,32,35-44,46,48-52,54,56-63H2,1-2H3,(H,69,74)/b31-30-,34-33-,47-45+,55-53+. The van der Waals surface area contributed by atoms with Crippen LogP contribution in [-0.2, 0) is 4.79 Å². The molecule has 0 radical (unpaired) electrons. The molecule has 0 spiro atoms. The van der Waals surface area contributed by atoms with Crippen LogP contribution in [0.2, 0.25) is 0 Å². The lowest BCUT2D eigenvalue weighted by Gasteiger charge is -2.27. The molecular weight excluding hydrogens is 911 g/mol. The van der Waals surface area contributed by atoms with Crippen molar-refractivity contribution in [3.8, 4) is 0 Å². The lowest BCUT2D eigenvalue weighted by molar-refractivity contribution is -0.132. The minimum absolute atomic E-state index is 0.360. The zero-order valence-electron chi connectivity index (χ0n) is 49.6. The smallest absolute Gasteiger partial charge is 0.249 e. The van der Waals surface area contributed by atoms with Crippen LogP contribution >= 0.6 is 0 Å². The summed E-state index contributed by atoms with van der Waals surface area (Å²) in [6.45, 7) is 4.08. The Hall–Kier alpha value is -1.73. The normalized spacial score (nSPS) is 13.9. The fourth-order valence-corrected chi connectivity index (χ4v) is 10.3. The first-order valence-electron chi connectivity index (χ1n) is 33.0. The number of unbranched alkanes of at least 4 members (excludes halogenated alkanes) is 44. The molecule has 0 aromatic heterocycles. The van der Waals surface area contributed by atoms with Gasteiger partial charge < -0.3 is 25.7 Å². The molecule has 0 saturated carbocycles. The first kappa shape index (κ1) is 72.3. The van der Waals surface area contributed by atoms with E-state index in [-0.39, 0.29) is 0 Å². The van der Waals surface area contributed by atoms with Crippen LogP contribution in [0.25, 0.3) is 0 Å². The Morgan fingerprint density at radius 3 is 0.932 bits per heavy atom. The van der Waals surface area contributed by atoms with E-state index in [1.54, 1.807) is 0 Å². The zero-order chi connectivity index (χ0) is 53.7. The third kappa shape index (κ3) is 55.0. The van der Waals surface area contributed by atoms with Crippen molar-refractivity contribution in [2.24, 2.45) is 0 Å². The van der Waals surface area contributed by atoms with E-state index < -0.39 is 36.9 Å². The van der Waals surface area contributed by atoms with Gasteiger partial charge in [0.15, 0.2) is 0 Å². The quantitative estimate of drug-likeness (QED) is 0.0308. The highest BCUT2D eigenvalue weighted by molar-refractivity contribution is 5.80. The van der Waals surface area contributed by atoms with E-state index in [4.69, 9.17) is 0 Å². The highest BCUT2D eigenvalue weighted by Gasteiger charge is 2.28. The van der Waals surface area contributed by atoms with Crippen LogP contribution in [0.4, 0.5) is 0 Å². The van der Waals surface area contributed by atoms with Gasteiger partial charge in [-0.25, -0.2) is 0 Å². The number of rotatable bonds is 61.